The molecule has 0 amide bonds. The Hall–Kier alpha value is -2.23. The topological polar surface area (TPSA) is 44.5 Å². The van der Waals surface area contributed by atoms with Crippen LogP contribution >= 0.6 is 0 Å². The monoisotopic (exact) mass is 247 g/mol. The number of hydrogen-bond donors (Lipinski definition) is 1. The van der Waals surface area contributed by atoms with E-state index in [9.17, 15) is 4.39 Å². The molecule has 0 atom stereocenters. The second kappa shape index (κ2) is 5.40. The zero-order chi connectivity index (χ0) is 13.0. The van der Waals surface area contributed by atoms with Gasteiger partial charge in [0.15, 0.2) is 11.6 Å². The minimum atomic E-state index is -0.460. The van der Waals surface area contributed by atoms with Gasteiger partial charge in [-0.2, -0.15) is 0 Å². The van der Waals surface area contributed by atoms with Gasteiger partial charge in [0.1, 0.15) is 12.4 Å². The molecule has 18 heavy (non-hydrogen) atoms. The van der Waals surface area contributed by atoms with Crippen molar-refractivity contribution in [2.45, 2.75) is 6.61 Å². The quantitative estimate of drug-likeness (QED) is 0.845. The molecule has 0 spiro atoms. The molecule has 4 heteroatoms. The summed E-state index contributed by atoms with van der Waals surface area (Å²) in [7, 11) is 1.59. The standard InChI is InChI=1S/C14H14FNO2/c1-17-11-5-2-4-10(8-11)9-18-14-12(15)6-3-7-13(14)16/h2-8H,9,16H2,1H3. The minimum absolute atomic E-state index is 0.0836. The summed E-state index contributed by atoms with van der Waals surface area (Å²) >= 11 is 0. The number of nitrogens with two attached hydrogens (primary N) is 1. The van der Waals surface area contributed by atoms with Gasteiger partial charge in [0.05, 0.1) is 12.8 Å². The Morgan fingerprint density at radius 1 is 1.17 bits per heavy atom. The molecule has 2 aromatic carbocycles. The fourth-order valence-electron chi connectivity index (χ4n) is 1.60. The van der Waals surface area contributed by atoms with Crippen LogP contribution in [0.1, 0.15) is 5.56 Å². The van der Waals surface area contributed by atoms with Gasteiger partial charge in [-0.25, -0.2) is 4.39 Å². The summed E-state index contributed by atoms with van der Waals surface area (Å²) in [6.45, 7) is 0.238. The zero-order valence-corrected chi connectivity index (χ0v) is 10.0. The van der Waals surface area contributed by atoms with E-state index in [4.69, 9.17) is 15.2 Å². The van der Waals surface area contributed by atoms with Crippen molar-refractivity contribution in [1.29, 1.82) is 0 Å². The SMILES string of the molecule is COc1cccc(COc2c(N)cccc2F)c1. The van der Waals surface area contributed by atoms with E-state index in [-0.39, 0.29) is 18.0 Å². The molecule has 0 heterocycles. The van der Waals surface area contributed by atoms with E-state index >= 15 is 0 Å². The third kappa shape index (κ3) is 2.71. The third-order valence-corrected chi connectivity index (χ3v) is 2.51. The number of hydrogen-bond acceptors (Lipinski definition) is 3. The number of methoxy groups -OCH3 is 1. The fourth-order valence-corrected chi connectivity index (χ4v) is 1.60. The van der Waals surface area contributed by atoms with E-state index < -0.39 is 5.82 Å². The molecular formula is C14H14FNO2. The summed E-state index contributed by atoms with van der Waals surface area (Å²) in [5.74, 6) is 0.357. The summed E-state index contributed by atoms with van der Waals surface area (Å²) in [5.41, 5.74) is 6.83. The van der Waals surface area contributed by atoms with Gasteiger partial charge < -0.3 is 15.2 Å². The first-order chi connectivity index (χ1) is 8.70. The molecule has 0 radical (unpaired) electrons. The number of anilines is 1. The summed E-state index contributed by atoms with van der Waals surface area (Å²) in [4.78, 5) is 0. The second-order valence-electron chi connectivity index (χ2n) is 3.80. The number of benzene rings is 2. The van der Waals surface area contributed by atoms with Crippen LogP contribution in [0.2, 0.25) is 0 Å². The molecule has 0 saturated heterocycles. The Balaban J connectivity index is 2.11. The summed E-state index contributed by atoms with van der Waals surface area (Å²) in [6.07, 6.45) is 0. The van der Waals surface area contributed by atoms with Crippen molar-refractivity contribution in [1.82, 2.24) is 0 Å². The zero-order valence-electron chi connectivity index (χ0n) is 10.0. The molecule has 0 saturated carbocycles. The maximum absolute atomic E-state index is 13.5. The van der Waals surface area contributed by atoms with E-state index in [2.05, 4.69) is 0 Å². The fraction of sp³-hybridized carbons (Fsp3) is 0.143. The summed E-state index contributed by atoms with van der Waals surface area (Å²) < 4.78 is 24.0. The van der Waals surface area contributed by atoms with Gasteiger partial charge >= 0.3 is 0 Å². The molecule has 0 aliphatic rings. The van der Waals surface area contributed by atoms with E-state index in [1.165, 1.54) is 6.07 Å². The van der Waals surface area contributed by atoms with Gasteiger partial charge in [0, 0.05) is 0 Å². The van der Waals surface area contributed by atoms with Gasteiger partial charge in [0.2, 0.25) is 0 Å². The summed E-state index contributed by atoms with van der Waals surface area (Å²) in [6, 6.07) is 11.9. The molecule has 0 bridgehead atoms. The molecule has 0 fully saturated rings. The molecule has 0 aromatic heterocycles. The van der Waals surface area contributed by atoms with Crippen LogP contribution < -0.4 is 15.2 Å². The number of para-hydroxylation sites is 1. The van der Waals surface area contributed by atoms with Crippen LogP contribution in [0.15, 0.2) is 42.5 Å². The van der Waals surface area contributed by atoms with Crippen molar-refractivity contribution in [3.63, 3.8) is 0 Å². The molecule has 3 nitrogen and oxygen atoms in total. The maximum atomic E-state index is 13.5. The molecular weight excluding hydrogens is 233 g/mol. The highest BCUT2D eigenvalue weighted by atomic mass is 19.1. The highest BCUT2D eigenvalue weighted by Gasteiger charge is 2.07. The Morgan fingerprint density at radius 3 is 2.67 bits per heavy atom. The Bertz CT molecular complexity index is 523. The van der Waals surface area contributed by atoms with E-state index in [0.29, 0.717) is 0 Å². The van der Waals surface area contributed by atoms with Crippen LogP contribution in [0.4, 0.5) is 10.1 Å². The molecule has 2 rings (SSSR count). The average Bonchev–Trinajstić information content (AvgIpc) is 2.38. The Kier molecular flexibility index (Phi) is 3.67. The van der Waals surface area contributed by atoms with Crippen LogP contribution in [-0.2, 0) is 6.61 Å². The smallest absolute Gasteiger partial charge is 0.178 e. The molecule has 0 aliphatic heterocycles. The van der Waals surface area contributed by atoms with Crippen molar-refractivity contribution in [3.05, 3.63) is 53.8 Å². The lowest BCUT2D eigenvalue weighted by molar-refractivity contribution is 0.291. The number of halogens is 1. The first kappa shape index (κ1) is 12.2. The van der Waals surface area contributed by atoms with Crippen LogP contribution in [0.3, 0.4) is 0 Å². The van der Waals surface area contributed by atoms with Crippen molar-refractivity contribution in [2.75, 3.05) is 12.8 Å². The highest BCUT2D eigenvalue weighted by molar-refractivity contribution is 5.52. The molecule has 94 valence electrons. The van der Waals surface area contributed by atoms with Gasteiger partial charge in [-0.1, -0.05) is 18.2 Å². The van der Waals surface area contributed by atoms with Crippen molar-refractivity contribution < 1.29 is 13.9 Å². The van der Waals surface area contributed by atoms with E-state index in [0.717, 1.165) is 11.3 Å². The molecule has 2 N–H and O–H groups in total. The van der Waals surface area contributed by atoms with Crippen LogP contribution in [0.25, 0.3) is 0 Å². The molecule has 0 unspecified atom stereocenters. The minimum Gasteiger partial charge on any atom is -0.497 e. The lowest BCUT2D eigenvalue weighted by atomic mass is 10.2. The van der Waals surface area contributed by atoms with E-state index in [1.54, 1.807) is 19.2 Å². The summed E-state index contributed by atoms with van der Waals surface area (Å²) in [5, 5.41) is 0. The molecule has 2 aromatic rings. The second-order valence-corrected chi connectivity index (χ2v) is 3.80. The normalized spacial score (nSPS) is 10.1. The predicted octanol–water partition coefficient (Wildman–Crippen LogP) is 3.00. The average molecular weight is 247 g/mol. The largest absolute Gasteiger partial charge is 0.497 e. The lowest BCUT2D eigenvalue weighted by Gasteiger charge is -2.10. The first-order valence-corrected chi connectivity index (χ1v) is 5.50. The number of nitrogen functional groups attached to an aromatic ring is 1. The van der Waals surface area contributed by atoms with Crippen molar-refractivity contribution >= 4 is 5.69 Å². The van der Waals surface area contributed by atoms with Crippen LogP contribution in [0, 0.1) is 5.82 Å². The van der Waals surface area contributed by atoms with Gasteiger partial charge in [-0.05, 0) is 29.8 Å². The van der Waals surface area contributed by atoms with Crippen molar-refractivity contribution in [2.24, 2.45) is 0 Å². The maximum Gasteiger partial charge on any atom is 0.178 e. The van der Waals surface area contributed by atoms with Gasteiger partial charge in [-0.15, -0.1) is 0 Å². The third-order valence-electron chi connectivity index (χ3n) is 2.51. The van der Waals surface area contributed by atoms with Gasteiger partial charge in [-0.3, -0.25) is 0 Å². The van der Waals surface area contributed by atoms with Crippen LogP contribution in [0.5, 0.6) is 11.5 Å². The number of rotatable bonds is 4. The van der Waals surface area contributed by atoms with E-state index in [1.807, 2.05) is 24.3 Å². The Morgan fingerprint density at radius 2 is 1.94 bits per heavy atom. The number of ether oxygens (including phenoxy) is 2. The lowest BCUT2D eigenvalue weighted by Crippen LogP contribution is -2.01. The van der Waals surface area contributed by atoms with Gasteiger partial charge in [0.25, 0.3) is 0 Å². The molecule has 0 aliphatic carbocycles. The first-order valence-electron chi connectivity index (χ1n) is 5.50. The Labute approximate surface area is 105 Å². The van der Waals surface area contributed by atoms with Crippen molar-refractivity contribution in [3.8, 4) is 11.5 Å². The van der Waals surface area contributed by atoms with Crippen LogP contribution in [-0.4, -0.2) is 7.11 Å². The highest BCUT2D eigenvalue weighted by Crippen LogP contribution is 2.26. The predicted molar refractivity (Wildman–Crippen MR) is 68.1 cm³/mol.